The van der Waals surface area contributed by atoms with Crippen LogP contribution in [0.2, 0.25) is 0 Å². The smallest absolute Gasteiger partial charge is 0.155 e. The minimum atomic E-state index is 0.0956. The molecule has 1 unspecified atom stereocenters. The largest absolute Gasteiger partial charge is 0.378 e. The first kappa shape index (κ1) is 8.65. The first-order valence-corrected chi connectivity index (χ1v) is 4.53. The van der Waals surface area contributed by atoms with Gasteiger partial charge in [-0.05, 0) is 20.8 Å². The summed E-state index contributed by atoms with van der Waals surface area (Å²) in [4.78, 5) is 4.24. The highest BCUT2D eigenvalue weighted by molar-refractivity contribution is 8.15. The second-order valence-electron chi connectivity index (χ2n) is 3.27. The Hall–Kier alpha value is -0.440. The number of aliphatic imine (C=N–C) groups is 1. The van der Waals surface area contributed by atoms with Crippen molar-refractivity contribution in [1.29, 1.82) is 0 Å². The van der Waals surface area contributed by atoms with E-state index in [0.717, 1.165) is 0 Å². The number of hydrogen-bond donors (Lipinski definition) is 1. The molecule has 0 bridgehead atoms. The summed E-state index contributed by atoms with van der Waals surface area (Å²) in [6.07, 6.45) is 4.25. The van der Waals surface area contributed by atoms with Gasteiger partial charge in [-0.15, -0.1) is 0 Å². The third kappa shape index (κ3) is 2.58. The van der Waals surface area contributed by atoms with E-state index in [4.69, 9.17) is 5.73 Å². The summed E-state index contributed by atoms with van der Waals surface area (Å²) in [5.41, 5.74) is 5.67. The molecule has 62 valence electrons. The molecule has 1 heterocycles. The topological polar surface area (TPSA) is 38.4 Å². The van der Waals surface area contributed by atoms with Gasteiger partial charge in [-0.3, -0.25) is 4.99 Å². The molecule has 0 aromatic rings. The van der Waals surface area contributed by atoms with E-state index < -0.39 is 0 Å². The third-order valence-corrected chi connectivity index (χ3v) is 2.45. The Morgan fingerprint density at radius 1 is 1.64 bits per heavy atom. The van der Waals surface area contributed by atoms with E-state index in [1.807, 2.05) is 6.92 Å². The highest BCUT2D eigenvalue weighted by Crippen LogP contribution is 2.28. The molecular formula is C8H14N2S. The van der Waals surface area contributed by atoms with Crippen molar-refractivity contribution < 1.29 is 0 Å². The molecule has 0 radical (unpaired) electrons. The molecule has 0 aromatic carbocycles. The highest BCUT2D eigenvalue weighted by atomic mass is 32.2. The quantitative estimate of drug-likeness (QED) is 0.563. The minimum Gasteiger partial charge on any atom is -0.378 e. The SMILES string of the molecule is CC1C=CC(C)(C)SC(N)=N1. The number of rotatable bonds is 0. The molecule has 0 fully saturated rings. The van der Waals surface area contributed by atoms with Crippen LogP contribution in [0.25, 0.3) is 0 Å². The van der Waals surface area contributed by atoms with Crippen LogP contribution in [0.1, 0.15) is 20.8 Å². The van der Waals surface area contributed by atoms with Gasteiger partial charge in [0.1, 0.15) is 0 Å². The molecule has 0 spiro atoms. The number of thioether (sulfide) groups is 1. The summed E-state index contributed by atoms with van der Waals surface area (Å²) in [5.74, 6) is 0. The summed E-state index contributed by atoms with van der Waals surface area (Å²) in [5, 5.41) is 0.688. The van der Waals surface area contributed by atoms with Gasteiger partial charge in [-0.25, -0.2) is 0 Å². The fraction of sp³-hybridized carbons (Fsp3) is 0.625. The number of nitrogens with two attached hydrogens (primary N) is 1. The Morgan fingerprint density at radius 2 is 2.27 bits per heavy atom. The minimum absolute atomic E-state index is 0.0956. The van der Waals surface area contributed by atoms with Gasteiger partial charge in [0.25, 0.3) is 0 Å². The van der Waals surface area contributed by atoms with Gasteiger partial charge in [0, 0.05) is 4.75 Å². The Kier molecular flexibility index (Phi) is 2.28. The summed E-state index contributed by atoms with van der Waals surface area (Å²) >= 11 is 1.61. The lowest BCUT2D eigenvalue weighted by Gasteiger charge is -2.16. The summed E-state index contributed by atoms with van der Waals surface area (Å²) < 4.78 is 0.0956. The van der Waals surface area contributed by atoms with Crippen molar-refractivity contribution in [1.82, 2.24) is 0 Å². The van der Waals surface area contributed by atoms with Crippen LogP contribution in [-0.4, -0.2) is 16.0 Å². The van der Waals surface area contributed by atoms with Gasteiger partial charge in [-0.2, -0.15) is 0 Å². The molecule has 11 heavy (non-hydrogen) atoms. The predicted octanol–water partition coefficient (Wildman–Crippen LogP) is 1.77. The monoisotopic (exact) mass is 170 g/mol. The zero-order valence-corrected chi connectivity index (χ0v) is 7.98. The lowest BCUT2D eigenvalue weighted by molar-refractivity contribution is 0.876. The summed E-state index contributed by atoms with van der Waals surface area (Å²) in [6.45, 7) is 6.30. The van der Waals surface area contributed by atoms with E-state index in [0.29, 0.717) is 5.17 Å². The maximum atomic E-state index is 5.67. The fourth-order valence-corrected chi connectivity index (χ4v) is 1.85. The summed E-state index contributed by atoms with van der Waals surface area (Å²) in [6, 6.07) is 0.226. The second-order valence-corrected chi connectivity index (χ2v) is 4.95. The van der Waals surface area contributed by atoms with Gasteiger partial charge in [0.2, 0.25) is 0 Å². The predicted molar refractivity (Wildman–Crippen MR) is 51.9 cm³/mol. The summed E-state index contributed by atoms with van der Waals surface area (Å²) in [7, 11) is 0. The second kappa shape index (κ2) is 2.89. The average Bonchev–Trinajstić information content (AvgIpc) is 1.90. The first-order valence-electron chi connectivity index (χ1n) is 3.71. The van der Waals surface area contributed by atoms with Gasteiger partial charge in [-0.1, -0.05) is 23.9 Å². The van der Waals surface area contributed by atoms with Crippen molar-refractivity contribution in [2.45, 2.75) is 31.6 Å². The van der Waals surface area contributed by atoms with Crippen LogP contribution < -0.4 is 5.73 Å². The molecule has 0 aliphatic carbocycles. The van der Waals surface area contributed by atoms with Crippen molar-refractivity contribution in [2.75, 3.05) is 0 Å². The van der Waals surface area contributed by atoms with E-state index in [9.17, 15) is 0 Å². The molecular weight excluding hydrogens is 156 g/mol. The zero-order chi connectivity index (χ0) is 8.48. The third-order valence-electron chi connectivity index (χ3n) is 1.47. The Bertz CT molecular complexity index is 206. The van der Waals surface area contributed by atoms with Crippen LogP contribution in [0.4, 0.5) is 0 Å². The van der Waals surface area contributed by atoms with Crippen LogP contribution in [0, 0.1) is 0 Å². The maximum Gasteiger partial charge on any atom is 0.155 e. The Labute approximate surface area is 72.0 Å². The van der Waals surface area contributed by atoms with Crippen molar-refractivity contribution in [2.24, 2.45) is 10.7 Å². The molecule has 0 saturated heterocycles. The molecule has 1 atom stereocenters. The molecule has 2 nitrogen and oxygen atoms in total. The highest BCUT2D eigenvalue weighted by Gasteiger charge is 2.19. The fourth-order valence-electron chi connectivity index (χ4n) is 0.945. The lowest BCUT2D eigenvalue weighted by Crippen LogP contribution is -2.18. The molecule has 1 aliphatic heterocycles. The Balaban J connectivity index is 2.83. The van der Waals surface area contributed by atoms with Crippen molar-refractivity contribution in [3.63, 3.8) is 0 Å². The van der Waals surface area contributed by atoms with Crippen LogP contribution in [0.15, 0.2) is 17.1 Å². The molecule has 0 aromatic heterocycles. The van der Waals surface area contributed by atoms with Crippen LogP contribution in [0.5, 0.6) is 0 Å². The van der Waals surface area contributed by atoms with E-state index in [-0.39, 0.29) is 10.8 Å². The average molecular weight is 170 g/mol. The molecule has 1 rings (SSSR count). The standard InChI is InChI=1S/C8H14N2S/c1-6-4-5-8(2,3)11-7(9)10-6/h4-6H,1-3H3,(H2,9,10). The molecule has 0 amide bonds. The molecule has 3 heteroatoms. The number of nitrogens with zero attached hydrogens (tertiary/aromatic N) is 1. The number of amidine groups is 1. The van der Waals surface area contributed by atoms with Crippen molar-refractivity contribution in [3.8, 4) is 0 Å². The van der Waals surface area contributed by atoms with E-state index >= 15 is 0 Å². The maximum absolute atomic E-state index is 5.67. The lowest BCUT2D eigenvalue weighted by atomic mass is 10.1. The normalized spacial score (nSPS) is 29.4. The molecule has 0 saturated carbocycles. The Morgan fingerprint density at radius 3 is 2.91 bits per heavy atom. The first-order chi connectivity index (χ1) is 4.99. The molecule has 2 N–H and O–H groups in total. The number of hydrogen-bond acceptors (Lipinski definition) is 3. The van der Waals surface area contributed by atoms with Gasteiger partial charge < -0.3 is 5.73 Å². The van der Waals surface area contributed by atoms with E-state index in [2.05, 4.69) is 31.0 Å². The van der Waals surface area contributed by atoms with Crippen molar-refractivity contribution in [3.05, 3.63) is 12.2 Å². The zero-order valence-electron chi connectivity index (χ0n) is 7.16. The van der Waals surface area contributed by atoms with Crippen LogP contribution in [-0.2, 0) is 0 Å². The van der Waals surface area contributed by atoms with Crippen molar-refractivity contribution >= 4 is 16.9 Å². The molecule has 1 aliphatic rings. The van der Waals surface area contributed by atoms with Crippen LogP contribution >= 0.6 is 11.8 Å². The van der Waals surface area contributed by atoms with E-state index in [1.165, 1.54) is 0 Å². The van der Waals surface area contributed by atoms with Gasteiger partial charge in [0.05, 0.1) is 6.04 Å². The van der Waals surface area contributed by atoms with E-state index in [1.54, 1.807) is 11.8 Å². The van der Waals surface area contributed by atoms with Gasteiger partial charge in [0.15, 0.2) is 5.17 Å². The van der Waals surface area contributed by atoms with Crippen LogP contribution in [0.3, 0.4) is 0 Å². The van der Waals surface area contributed by atoms with Gasteiger partial charge >= 0.3 is 0 Å².